The zero-order valence-corrected chi connectivity index (χ0v) is 8.42. The third-order valence-electron chi connectivity index (χ3n) is 2.25. The van der Waals surface area contributed by atoms with Gasteiger partial charge in [0.05, 0.1) is 11.6 Å². The molecule has 0 unspecified atom stereocenters. The number of halogens is 1. The van der Waals surface area contributed by atoms with Gasteiger partial charge in [-0.3, -0.25) is 0 Å². The van der Waals surface area contributed by atoms with Crippen molar-refractivity contribution < 1.29 is 4.42 Å². The summed E-state index contributed by atoms with van der Waals surface area (Å²) in [5.41, 5.74) is 0.816. The molecule has 1 heterocycles. The van der Waals surface area contributed by atoms with E-state index in [4.69, 9.17) is 16.0 Å². The van der Waals surface area contributed by atoms with Gasteiger partial charge < -0.3 is 9.32 Å². The molecule has 0 saturated heterocycles. The maximum atomic E-state index is 5.64. The number of alkyl halides is 1. The topological polar surface area (TPSA) is 29.3 Å². The first-order valence-electron chi connectivity index (χ1n) is 4.62. The van der Waals surface area contributed by atoms with Gasteiger partial charge in [-0.15, -0.1) is 11.6 Å². The molecule has 0 aromatic carbocycles. The Morgan fingerprint density at radius 3 is 2.92 bits per heavy atom. The molecule has 3 nitrogen and oxygen atoms in total. The van der Waals surface area contributed by atoms with Crippen molar-refractivity contribution in [2.75, 3.05) is 11.4 Å². The molecule has 13 heavy (non-hydrogen) atoms. The van der Waals surface area contributed by atoms with E-state index in [1.54, 1.807) is 6.26 Å². The van der Waals surface area contributed by atoms with Gasteiger partial charge in [0.1, 0.15) is 6.26 Å². The molecule has 0 N–H and O–H groups in total. The Bertz CT molecular complexity index is 283. The van der Waals surface area contributed by atoms with E-state index in [0.717, 1.165) is 18.3 Å². The number of aromatic nitrogens is 1. The highest BCUT2D eigenvalue weighted by atomic mass is 35.5. The van der Waals surface area contributed by atoms with Gasteiger partial charge in [-0.25, -0.2) is 0 Å². The van der Waals surface area contributed by atoms with Gasteiger partial charge in [0.25, 0.3) is 6.01 Å². The summed E-state index contributed by atoms with van der Waals surface area (Å²) in [7, 11) is 0. The lowest BCUT2D eigenvalue weighted by Crippen LogP contribution is -2.25. The van der Waals surface area contributed by atoms with Crippen molar-refractivity contribution in [3.05, 3.63) is 12.0 Å². The van der Waals surface area contributed by atoms with Gasteiger partial charge in [0.15, 0.2) is 0 Å². The average molecular weight is 201 g/mol. The molecule has 2 rings (SSSR count). The van der Waals surface area contributed by atoms with Crippen LogP contribution in [0.4, 0.5) is 6.01 Å². The van der Waals surface area contributed by atoms with Crippen LogP contribution in [0, 0.1) is 0 Å². The summed E-state index contributed by atoms with van der Waals surface area (Å²) in [5.74, 6) is 0.422. The summed E-state index contributed by atoms with van der Waals surface area (Å²) in [6, 6.07) is 1.37. The molecule has 4 heteroatoms. The summed E-state index contributed by atoms with van der Waals surface area (Å²) in [5, 5.41) is 0. The predicted octanol–water partition coefficient (Wildman–Crippen LogP) is 2.40. The molecular formula is C9H13ClN2O. The van der Waals surface area contributed by atoms with Crippen LogP contribution in [0.1, 0.15) is 25.5 Å². The van der Waals surface area contributed by atoms with Gasteiger partial charge in [0.2, 0.25) is 0 Å². The molecule has 1 aromatic heterocycles. The van der Waals surface area contributed by atoms with Crippen molar-refractivity contribution in [2.24, 2.45) is 0 Å². The Morgan fingerprint density at radius 2 is 2.46 bits per heavy atom. The van der Waals surface area contributed by atoms with Crippen LogP contribution in [0.15, 0.2) is 10.7 Å². The van der Waals surface area contributed by atoms with Crippen molar-refractivity contribution in [3.8, 4) is 0 Å². The molecule has 1 aromatic rings. The molecule has 72 valence electrons. The third kappa shape index (κ3) is 1.80. The van der Waals surface area contributed by atoms with E-state index >= 15 is 0 Å². The molecular weight excluding hydrogens is 188 g/mol. The Balaban J connectivity index is 2.12. The van der Waals surface area contributed by atoms with Gasteiger partial charge in [-0.1, -0.05) is 0 Å². The van der Waals surface area contributed by atoms with E-state index in [1.807, 2.05) is 0 Å². The average Bonchev–Trinajstić information content (AvgIpc) is 2.85. The lowest BCUT2D eigenvalue weighted by Gasteiger charge is -2.16. The summed E-state index contributed by atoms with van der Waals surface area (Å²) in [4.78, 5) is 6.48. The monoisotopic (exact) mass is 200 g/mol. The maximum Gasteiger partial charge on any atom is 0.297 e. The van der Waals surface area contributed by atoms with Crippen LogP contribution < -0.4 is 4.90 Å². The second kappa shape index (κ2) is 3.58. The van der Waals surface area contributed by atoms with Gasteiger partial charge >= 0.3 is 0 Å². The fourth-order valence-electron chi connectivity index (χ4n) is 1.43. The first kappa shape index (κ1) is 8.88. The normalized spacial score (nSPS) is 16.2. The van der Waals surface area contributed by atoms with Crippen molar-refractivity contribution in [3.63, 3.8) is 0 Å². The van der Waals surface area contributed by atoms with Gasteiger partial charge in [0, 0.05) is 12.6 Å². The quantitative estimate of drug-likeness (QED) is 0.699. The molecule has 1 saturated carbocycles. The highest BCUT2D eigenvalue weighted by Gasteiger charge is 2.30. The molecule has 0 aliphatic heterocycles. The highest BCUT2D eigenvalue weighted by Crippen LogP contribution is 2.30. The largest absolute Gasteiger partial charge is 0.432 e. The molecule has 0 amide bonds. The van der Waals surface area contributed by atoms with E-state index in [-0.39, 0.29) is 0 Å². The zero-order valence-electron chi connectivity index (χ0n) is 7.66. The first-order chi connectivity index (χ1) is 6.35. The lowest BCUT2D eigenvalue weighted by molar-refractivity contribution is 0.534. The Morgan fingerprint density at radius 1 is 1.69 bits per heavy atom. The van der Waals surface area contributed by atoms with Crippen LogP contribution in [0.25, 0.3) is 0 Å². The standard InChI is InChI=1S/C9H13ClN2O/c1-2-12(8-3-4-8)9-11-7(5-10)6-13-9/h6,8H,2-5H2,1H3. The van der Waals surface area contributed by atoms with Crippen LogP contribution in [-0.4, -0.2) is 17.6 Å². The Hall–Kier alpha value is -0.700. The number of oxazole rings is 1. The maximum absolute atomic E-state index is 5.64. The zero-order chi connectivity index (χ0) is 9.26. The number of rotatable bonds is 4. The summed E-state index contributed by atoms with van der Waals surface area (Å²) < 4.78 is 5.34. The van der Waals surface area contributed by atoms with Crippen LogP contribution in [-0.2, 0) is 5.88 Å². The fourth-order valence-corrected chi connectivity index (χ4v) is 1.55. The molecule has 1 fully saturated rings. The third-order valence-corrected chi connectivity index (χ3v) is 2.52. The molecule has 0 bridgehead atoms. The molecule has 0 atom stereocenters. The van der Waals surface area contributed by atoms with Crippen LogP contribution >= 0.6 is 11.6 Å². The predicted molar refractivity (Wildman–Crippen MR) is 52.1 cm³/mol. The van der Waals surface area contributed by atoms with Crippen molar-refractivity contribution in [1.29, 1.82) is 0 Å². The summed E-state index contributed by atoms with van der Waals surface area (Å²) >= 11 is 5.64. The molecule has 0 spiro atoms. The van der Waals surface area contributed by atoms with Crippen LogP contribution in [0.2, 0.25) is 0 Å². The molecule has 1 aliphatic rings. The lowest BCUT2D eigenvalue weighted by atomic mass is 10.5. The van der Waals surface area contributed by atoms with Gasteiger partial charge in [-0.2, -0.15) is 4.98 Å². The van der Waals surface area contributed by atoms with E-state index in [2.05, 4.69) is 16.8 Å². The van der Waals surface area contributed by atoms with E-state index in [9.17, 15) is 0 Å². The molecule has 0 radical (unpaired) electrons. The molecule has 1 aliphatic carbocycles. The van der Waals surface area contributed by atoms with Crippen molar-refractivity contribution >= 4 is 17.6 Å². The minimum absolute atomic E-state index is 0.422. The van der Waals surface area contributed by atoms with Crippen molar-refractivity contribution in [1.82, 2.24) is 4.98 Å². The van der Waals surface area contributed by atoms with Crippen LogP contribution in [0.5, 0.6) is 0 Å². The minimum atomic E-state index is 0.422. The summed E-state index contributed by atoms with van der Waals surface area (Å²) in [6.45, 7) is 3.07. The first-order valence-corrected chi connectivity index (χ1v) is 5.15. The SMILES string of the molecule is CCN(c1nc(CCl)co1)C1CC1. The van der Waals surface area contributed by atoms with Crippen LogP contribution in [0.3, 0.4) is 0 Å². The fraction of sp³-hybridized carbons (Fsp3) is 0.667. The minimum Gasteiger partial charge on any atom is -0.432 e. The Labute approximate surface area is 82.7 Å². The number of nitrogens with zero attached hydrogens (tertiary/aromatic N) is 2. The smallest absolute Gasteiger partial charge is 0.297 e. The Kier molecular flexibility index (Phi) is 2.44. The van der Waals surface area contributed by atoms with E-state index in [1.165, 1.54) is 12.8 Å². The van der Waals surface area contributed by atoms with E-state index < -0.39 is 0 Å². The number of hydrogen-bond donors (Lipinski definition) is 0. The van der Waals surface area contributed by atoms with Crippen molar-refractivity contribution in [2.45, 2.75) is 31.7 Å². The summed E-state index contributed by atoms with van der Waals surface area (Å²) in [6.07, 6.45) is 4.15. The van der Waals surface area contributed by atoms with Gasteiger partial charge in [-0.05, 0) is 19.8 Å². The second-order valence-electron chi connectivity index (χ2n) is 3.27. The number of anilines is 1. The van der Waals surface area contributed by atoms with E-state index in [0.29, 0.717) is 11.9 Å². The second-order valence-corrected chi connectivity index (χ2v) is 3.54. The highest BCUT2D eigenvalue weighted by molar-refractivity contribution is 6.16. The number of hydrogen-bond acceptors (Lipinski definition) is 3.